The maximum atomic E-state index is 13.9. The molecule has 2 bridgehead atoms. The Kier molecular flexibility index (Phi) is 6.12. The Bertz CT molecular complexity index is 1650. The molecule has 4 aromatic rings. The van der Waals surface area contributed by atoms with Crippen LogP contribution >= 0.6 is 0 Å². The monoisotopic (exact) mass is 558 g/mol. The van der Waals surface area contributed by atoms with Crippen molar-refractivity contribution in [3.05, 3.63) is 125 Å². The molecule has 8 rings (SSSR count). The number of anilines is 2. The first kappa shape index (κ1) is 25.7. The Morgan fingerprint density at radius 1 is 0.714 bits per heavy atom. The molecule has 0 aromatic heterocycles. The highest BCUT2D eigenvalue weighted by atomic mass is 16.5. The number of amides is 3. The molecule has 0 spiro atoms. The molecule has 3 aliphatic carbocycles. The molecule has 4 aliphatic rings. The highest BCUT2D eigenvalue weighted by Crippen LogP contribution is 2.61. The van der Waals surface area contributed by atoms with E-state index in [-0.39, 0.29) is 29.2 Å². The second-order valence-electron chi connectivity index (χ2n) is 10.6. The fraction of sp³-hybridized carbons (Fsp3) is 0.176. The van der Waals surface area contributed by atoms with Gasteiger partial charge in [-0.05, 0) is 58.7 Å². The van der Waals surface area contributed by atoms with E-state index in [4.69, 9.17) is 9.47 Å². The number of nitrogens with one attached hydrogen (secondary N) is 1. The molecular weight excluding hydrogens is 532 g/mol. The van der Waals surface area contributed by atoms with Crippen LogP contribution in [0.25, 0.3) is 0 Å². The molecule has 208 valence electrons. The molecule has 1 fully saturated rings. The lowest BCUT2D eigenvalue weighted by Crippen LogP contribution is -2.41. The van der Waals surface area contributed by atoms with Gasteiger partial charge in [0.05, 0.1) is 35.9 Å². The molecule has 0 saturated carbocycles. The van der Waals surface area contributed by atoms with Gasteiger partial charge in [-0.25, -0.2) is 9.69 Å². The molecule has 1 N–H and O–H groups in total. The van der Waals surface area contributed by atoms with E-state index in [1.54, 1.807) is 36.4 Å². The Labute approximate surface area is 241 Å². The molecule has 1 heterocycles. The smallest absolute Gasteiger partial charge is 0.338 e. The van der Waals surface area contributed by atoms with Gasteiger partial charge in [0.1, 0.15) is 5.75 Å². The van der Waals surface area contributed by atoms with Crippen LogP contribution in [0.2, 0.25) is 0 Å². The molecule has 42 heavy (non-hydrogen) atoms. The summed E-state index contributed by atoms with van der Waals surface area (Å²) in [5.41, 5.74) is 5.50. The van der Waals surface area contributed by atoms with Crippen LogP contribution < -0.4 is 15.0 Å². The summed E-state index contributed by atoms with van der Waals surface area (Å²) >= 11 is 0. The van der Waals surface area contributed by atoms with Crippen molar-refractivity contribution in [3.8, 4) is 5.75 Å². The van der Waals surface area contributed by atoms with Gasteiger partial charge in [0.25, 0.3) is 5.91 Å². The summed E-state index contributed by atoms with van der Waals surface area (Å²) in [6.07, 6.45) is 0. The first-order valence-corrected chi connectivity index (χ1v) is 13.7. The second-order valence-corrected chi connectivity index (χ2v) is 10.6. The third-order valence-electron chi connectivity index (χ3n) is 8.53. The van der Waals surface area contributed by atoms with Crippen LogP contribution in [0.1, 0.15) is 44.4 Å². The van der Waals surface area contributed by atoms with E-state index in [0.29, 0.717) is 17.1 Å². The van der Waals surface area contributed by atoms with Gasteiger partial charge in [0.15, 0.2) is 6.61 Å². The normalized spacial score (nSPS) is 21.3. The standard InChI is InChI=1S/C34H26N2O6/c1-41-26-13-7-6-12-25(26)35-27(37)18-42-34(40)19-14-16-20(17-15-19)36-32(38)30-28-21-8-2-3-9-22(21)29(31(30)33(36)39)24-11-5-4-10-23(24)28/h2-17,28-31H,18H2,1H3,(H,35,37)/t28?,29?,30-,31-/m0/s1. The number of esters is 1. The van der Waals surface area contributed by atoms with Gasteiger partial charge < -0.3 is 14.8 Å². The topological polar surface area (TPSA) is 102 Å². The summed E-state index contributed by atoms with van der Waals surface area (Å²) in [5.74, 6) is -2.54. The van der Waals surface area contributed by atoms with E-state index in [1.807, 2.05) is 24.3 Å². The van der Waals surface area contributed by atoms with Crippen LogP contribution in [-0.4, -0.2) is 37.4 Å². The molecule has 2 atom stereocenters. The van der Waals surface area contributed by atoms with Crippen LogP contribution in [0.4, 0.5) is 11.4 Å². The average molecular weight is 559 g/mol. The summed E-state index contributed by atoms with van der Waals surface area (Å²) in [4.78, 5) is 54.1. The minimum Gasteiger partial charge on any atom is -0.495 e. The van der Waals surface area contributed by atoms with Crippen LogP contribution in [-0.2, 0) is 19.1 Å². The summed E-state index contributed by atoms with van der Waals surface area (Å²) in [6, 6.07) is 29.2. The maximum Gasteiger partial charge on any atom is 0.338 e. The van der Waals surface area contributed by atoms with Gasteiger partial charge in [0, 0.05) is 11.8 Å². The molecule has 1 aliphatic heterocycles. The predicted octanol–water partition coefficient (Wildman–Crippen LogP) is 4.89. The number of methoxy groups -OCH3 is 1. The fourth-order valence-corrected chi connectivity index (χ4v) is 6.83. The van der Waals surface area contributed by atoms with Crippen molar-refractivity contribution < 1.29 is 28.7 Å². The zero-order valence-corrected chi connectivity index (χ0v) is 22.7. The fourth-order valence-electron chi connectivity index (χ4n) is 6.83. The first-order valence-electron chi connectivity index (χ1n) is 13.7. The zero-order valence-electron chi connectivity index (χ0n) is 22.7. The number of ether oxygens (including phenoxy) is 2. The summed E-state index contributed by atoms with van der Waals surface area (Å²) in [7, 11) is 1.49. The third-order valence-corrected chi connectivity index (χ3v) is 8.53. The van der Waals surface area contributed by atoms with Crippen LogP contribution in [0, 0.1) is 11.8 Å². The lowest BCUT2D eigenvalue weighted by Gasteiger charge is -2.45. The lowest BCUT2D eigenvalue weighted by molar-refractivity contribution is -0.122. The molecule has 0 radical (unpaired) electrons. The van der Waals surface area contributed by atoms with E-state index in [1.165, 1.54) is 24.1 Å². The van der Waals surface area contributed by atoms with E-state index in [9.17, 15) is 19.2 Å². The quantitative estimate of drug-likeness (QED) is 0.267. The van der Waals surface area contributed by atoms with Gasteiger partial charge >= 0.3 is 5.97 Å². The van der Waals surface area contributed by atoms with Crippen molar-refractivity contribution >= 4 is 35.1 Å². The van der Waals surface area contributed by atoms with Crippen molar-refractivity contribution in [2.45, 2.75) is 11.8 Å². The number of carbonyl (C=O) groups is 4. The largest absolute Gasteiger partial charge is 0.495 e. The Balaban J connectivity index is 1.09. The summed E-state index contributed by atoms with van der Waals surface area (Å²) in [5, 5.41) is 2.65. The average Bonchev–Trinajstić information content (AvgIpc) is 3.30. The molecule has 1 saturated heterocycles. The number of benzene rings is 4. The first-order chi connectivity index (χ1) is 20.5. The Hall–Kier alpha value is -5.24. The summed E-state index contributed by atoms with van der Waals surface area (Å²) in [6.45, 7) is -0.491. The third kappa shape index (κ3) is 3.90. The number of para-hydroxylation sites is 2. The molecule has 4 aromatic carbocycles. The molecular formula is C34H26N2O6. The number of nitrogens with zero attached hydrogens (tertiary/aromatic N) is 1. The number of imide groups is 1. The van der Waals surface area contributed by atoms with E-state index in [0.717, 1.165) is 22.3 Å². The van der Waals surface area contributed by atoms with Crippen molar-refractivity contribution in [3.63, 3.8) is 0 Å². The van der Waals surface area contributed by atoms with Gasteiger partial charge in [-0.15, -0.1) is 0 Å². The van der Waals surface area contributed by atoms with E-state index >= 15 is 0 Å². The van der Waals surface area contributed by atoms with Crippen LogP contribution in [0.5, 0.6) is 5.75 Å². The predicted molar refractivity (Wildman–Crippen MR) is 154 cm³/mol. The lowest BCUT2D eigenvalue weighted by atomic mass is 9.55. The number of rotatable bonds is 6. The highest BCUT2D eigenvalue weighted by Gasteiger charge is 2.61. The van der Waals surface area contributed by atoms with E-state index < -0.39 is 30.3 Å². The summed E-state index contributed by atoms with van der Waals surface area (Å²) < 4.78 is 10.4. The highest BCUT2D eigenvalue weighted by molar-refractivity contribution is 6.23. The number of hydrogen-bond acceptors (Lipinski definition) is 6. The van der Waals surface area contributed by atoms with E-state index in [2.05, 4.69) is 29.6 Å². The van der Waals surface area contributed by atoms with Gasteiger partial charge in [0.2, 0.25) is 11.8 Å². The van der Waals surface area contributed by atoms with Gasteiger partial charge in [-0.3, -0.25) is 14.4 Å². The zero-order chi connectivity index (χ0) is 29.0. The minimum absolute atomic E-state index is 0.190. The minimum atomic E-state index is -0.701. The molecule has 0 unspecified atom stereocenters. The SMILES string of the molecule is COc1ccccc1NC(=O)COC(=O)c1ccc(N2C(=O)[C@H]3C4c5ccccc5C(c5ccccc54)[C@@H]3C2=O)cc1. The van der Waals surface area contributed by atoms with Crippen molar-refractivity contribution in [2.75, 3.05) is 23.9 Å². The van der Waals surface area contributed by atoms with Crippen LogP contribution in [0.3, 0.4) is 0 Å². The van der Waals surface area contributed by atoms with Crippen molar-refractivity contribution in [1.29, 1.82) is 0 Å². The number of carbonyl (C=O) groups excluding carboxylic acids is 4. The molecule has 3 amide bonds. The van der Waals surface area contributed by atoms with Gasteiger partial charge in [-0.2, -0.15) is 0 Å². The van der Waals surface area contributed by atoms with Crippen molar-refractivity contribution in [1.82, 2.24) is 0 Å². The Morgan fingerprint density at radius 3 is 1.74 bits per heavy atom. The van der Waals surface area contributed by atoms with Crippen molar-refractivity contribution in [2.24, 2.45) is 11.8 Å². The Morgan fingerprint density at radius 2 is 1.21 bits per heavy atom. The molecule has 8 nitrogen and oxygen atoms in total. The maximum absolute atomic E-state index is 13.9. The number of hydrogen-bond donors (Lipinski definition) is 1. The van der Waals surface area contributed by atoms with Gasteiger partial charge in [-0.1, -0.05) is 60.7 Å². The second kappa shape index (κ2) is 9.99. The molecule has 8 heteroatoms. The van der Waals surface area contributed by atoms with Crippen LogP contribution in [0.15, 0.2) is 97.1 Å².